The molecule has 0 bridgehead atoms. The van der Waals surface area contributed by atoms with E-state index >= 15 is 0 Å². The molecule has 3 aliphatic rings. The zero-order chi connectivity index (χ0) is 25.8. The van der Waals surface area contributed by atoms with Crippen molar-refractivity contribution in [3.8, 4) is 0 Å². The van der Waals surface area contributed by atoms with Crippen molar-refractivity contribution < 1.29 is 4.79 Å². The summed E-state index contributed by atoms with van der Waals surface area (Å²) in [7, 11) is 0. The fourth-order valence-electron chi connectivity index (χ4n) is 6.26. The molecule has 37 heavy (non-hydrogen) atoms. The number of fused-ring (bicyclic) bond motifs is 2. The fourth-order valence-corrected chi connectivity index (χ4v) is 6.26. The van der Waals surface area contributed by atoms with Gasteiger partial charge >= 0.3 is 0 Å². The third-order valence-corrected chi connectivity index (χ3v) is 8.25. The van der Waals surface area contributed by atoms with E-state index in [1.54, 1.807) is 0 Å². The lowest BCUT2D eigenvalue weighted by atomic mass is 9.76. The average Bonchev–Trinajstić information content (AvgIpc) is 3.45. The number of amides is 1. The number of rotatable bonds is 8. The number of benzene rings is 2. The number of unbranched alkanes of at least 4 members (excludes halogenated alkanes) is 1. The van der Waals surface area contributed by atoms with Crippen LogP contribution >= 0.6 is 0 Å². The first kappa shape index (κ1) is 25.6. The largest absolute Gasteiger partial charge is 0.398 e. The second-order valence-electron chi connectivity index (χ2n) is 10.8. The second-order valence-corrected chi connectivity index (χ2v) is 10.8. The Labute approximate surface area is 222 Å². The molecule has 5 nitrogen and oxygen atoms in total. The topological polar surface area (TPSA) is 70.4 Å². The van der Waals surface area contributed by atoms with Crippen molar-refractivity contribution in [1.82, 2.24) is 10.2 Å². The molecule has 4 N–H and O–H groups in total. The molecule has 0 radical (unpaired) electrons. The Morgan fingerprint density at radius 2 is 1.84 bits per heavy atom. The van der Waals surface area contributed by atoms with Gasteiger partial charge in [-0.05, 0) is 112 Å². The average molecular weight is 499 g/mol. The van der Waals surface area contributed by atoms with E-state index in [0.717, 1.165) is 56.6 Å². The number of hydrogen-bond acceptors (Lipinski definition) is 4. The number of nitrogen functional groups attached to an aromatic ring is 1. The van der Waals surface area contributed by atoms with Crippen molar-refractivity contribution in [3.05, 3.63) is 70.3 Å². The number of nitrogens with zero attached hydrogens (tertiary/aromatic N) is 1. The number of carbonyl (C=O) groups is 1. The SMILES string of the molecule is CCC/C=C(/C)c1c(N)ccc2c1C1=C(CCCC1)C(c1ccc(C(=O)NCCN3CCCC3)cc1)N2. The molecular weight excluding hydrogens is 456 g/mol. The number of nitrogens with two attached hydrogens (primary N) is 1. The van der Waals surface area contributed by atoms with Crippen LogP contribution in [0.1, 0.15) is 98.3 Å². The number of hydrogen-bond donors (Lipinski definition) is 3. The summed E-state index contributed by atoms with van der Waals surface area (Å²) >= 11 is 0. The Morgan fingerprint density at radius 3 is 2.59 bits per heavy atom. The van der Waals surface area contributed by atoms with Gasteiger partial charge < -0.3 is 21.3 Å². The summed E-state index contributed by atoms with van der Waals surface area (Å²) in [6, 6.07) is 12.5. The first-order chi connectivity index (χ1) is 18.1. The molecule has 1 amide bonds. The molecule has 2 aromatic rings. The number of nitrogens with one attached hydrogen (secondary N) is 2. The van der Waals surface area contributed by atoms with E-state index < -0.39 is 0 Å². The van der Waals surface area contributed by atoms with Crippen LogP contribution in [0.3, 0.4) is 0 Å². The highest BCUT2D eigenvalue weighted by Crippen LogP contribution is 2.50. The minimum Gasteiger partial charge on any atom is -0.398 e. The van der Waals surface area contributed by atoms with E-state index in [2.05, 4.69) is 53.7 Å². The quantitative estimate of drug-likeness (QED) is 0.350. The van der Waals surface area contributed by atoms with Crippen molar-refractivity contribution in [3.63, 3.8) is 0 Å². The molecule has 2 aliphatic heterocycles. The van der Waals surface area contributed by atoms with Crippen LogP contribution in [0.5, 0.6) is 0 Å². The van der Waals surface area contributed by atoms with Crippen LogP contribution in [0.4, 0.5) is 11.4 Å². The zero-order valence-electron chi connectivity index (χ0n) is 22.5. The summed E-state index contributed by atoms with van der Waals surface area (Å²) in [5.74, 6) is 0.0136. The Morgan fingerprint density at radius 1 is 1.08 bits per heavy atom. The number of allylic oxidation sites excluding steroid dienone is 3. The molecule has 1 saturated heterocycles. The van der Waals surface area contributed by atoms with Crippen LogP contribution in [0.2, 0.25) is 0 Å². The van der Waals surface area contributed by atoms with Crippen molar-refractivity contribution >= 4 is 28.4 Å². The van der Waals surface area contributed by atoms with Gasteiger partial charge in [0.2, 0.25) is 0 Å². The molecule has 0 saturated carbocycles. The summed E-state index contributed by atoms with van der Waals surface area (Å²) in [6.45, 7) is 8.36. The van der Waals surface area contributed by atoms with Crippen molar-refractivity contribution in [2.75, 3.05) is 37.2 Å². The first-order valence-corrected chi connectivity index (χ1v) is 14.3. The molecule has 0 aromatic heterocycles. The Kier molecular flexibility index (Phi) is 7.99. The molecular formula is C32H42N4O. The van der Waals surface area contributed by atoms with Crippen LogP contribution in [0.25, 0.3) is 11.1 Å². The molecule has 1 atom stereocenters. The molecule has 196 valence electrons. The van der Waals surface area contributed by atoms with Crippen LogP contribution < -0.4 is 16.4 Å². The Bertz CT molecular complexity index is 1190. The van der Waals surface area contributed by atoms with Gasteiger partial charge in [-0.1, -0.05) is 31.6 Å². The van der Waals surface area contributed by atoms with E-state index in [1.807, 2.05) is 18.2 Å². The van der Waals surface area contributed by atoms with E-state index in [-0.39, 0.29) is 11.9 Å². The summed E-state index contributed by atoms with van der Waals surface area (Å²) < 4.78 is 0. The lowest BCUT2D eigenvalue weighted by molar-refractivity contribution is 0.0949. The molecule has 2 aromatic carbocycles. The minimum atomic E-state index is 0.0136. The van der Waals surface area contributed by atoms with E-state index in [1.165, 1.54) is 64.8 Å². The molecule has 1 unspecified atom stereocenters. The van der Waals surface area contributed by atoms with Crippen LogP contribution in [0.15, 0.2) is 48.0 Å². The smallest absolute Gasteiger partial charge is 0.251 e. The fraction of sp³-hybridized carbons (Fsp3) is 0.469. The highest BCUT2D eigenvalue weighted by molar-refractivity contribution is 5.95. The molecule has 1 aliphatic carbocycles. The van der Waals surface area contributed by atoms with Crippen molar-refractivity contribution in [2.45, 2.75) is 71.3 Å². The molecule has 5 rings (SSSR count). The lowest BCUT2D eigenvalue weighted by Crippen LogP contribution is -2.33. The molecule has 5 heteroatoms. The van der Waals surface area contributed by atoms with Gasteiger partial charge in [0, 0.05) is 41.2 Å². The van der Waals surface area contributed by atoms with Crippen LogP contribution in [-0.2, 0) is 0 Å². The van der Waals surface area contributed by atoms with Gasteiger partial charge in [-0.3, -0.25) is 4.79 Å². The first-order valence-electron chi connectivity index (χ1n) is 14.3. The minimum absolute atomic E-state index is 0.0136. The van der Waals surface area contributed by atoms with Gasteiger partial charge in [-0.15, -0.1) is 0 Å². The number of carbonyl (C=O) groups excluding carboxylic acids is 1. The van der Waals surface area contributed by atoms with Gasteiger partial charge in [0.05, 0.1) is 6.04 Å². The number of likely N-dealkylation sites (tertiary alicyclic amines) is 1. The second kappa shape index (κ2) is 11.6. The van der Waals surface area contributed by atoms with Crippen LogP contribution in [-0.4, -0.2) is 37.0 Å². The van der Waals surface area contributed by atoms with Gasteiger partial charge in [-0.25, -0.2) is 0 Å². The maximum atomic E-state index is 12.7. The predicted molar refractivity (Wildman–Crippen MR) is 156 cm³/mol. The third kappa shape index (κ3) is 5.47. The zero-order valence-corrected chi connectivity index (χ0v) is 22.5. The summed E-state index contributed by atoms with van der Waals surface area (Å²) in [5.41, 5.74) is 17.3. The van der Waals surface area contributed by atoms with Gasteiger partial charge in [-0.2, -0.15) is 0 Å². The van der Waals surface area contributed by atoms with Crippen molar-refractivity contribution in [1.29, 1.82) is 0 Å². The Balaban J connectivity index is 1.38. The normalized spacial score (nSPS) is 19.8. The van der Waals surface area contributed by atoms with Crippen molar-refractivity contribution in [2.24, 2.45) is 0 Å². The van der Waals surface area contributed by atoms with E-state index in [0.29, 0.717) is 6.54 Å². The maximum Gasteiger partial charge on any atom is 0.251 e. The van der Waals surface area contributed by atoms with Crippen LogP contribution in [0, 0.1) is 0 Å². The monoisotopic (exact) mass is 498 g/mol. The third-order valence-electron chi connectivity index (χ3n) is 8.25. The summed E-state index contributed by atoms with van der Waals surface area (Å²) in [5, 5.41) is 6.96. The van der Waals surface area contributed by atoms with E-state index in [4.69, 9.17) is 5.73 Å². The highest BCUT2D eigenvalue weighted by Gasteiger charge is 2.32. The molecule has 2 heterocycles. The lowest BCUT2D eigenvalue weighted by Gasteiger charge is -2.37. The molecule has 1 fully saturated rings. The highest BCUT2D eigenvalue weighted by atomic mass is 16.1. The summed E-state index contributed by atoms with van der Waals surface area (Å²) in [6.07, 6.45) is 11.7. The predicted octanol–water partition coefficient (Wildman–Crippen LogP) is 6.79. The standard InChI is InChI=1S/C32H42N4O/c1-3-4-9-22(2)29-27(33)16-17-28-30(29)25-10-5-6-11-26(25)31(35-28)23-12-14-24(15-13-23)32(37)34-18-21-36-19-7-8-20-36/h9,12-17,31,35H,3-8,10-11,18-21,33H2,1-2H3,(H,34,37)/b22-9-. The van der Waals surface area contributed by atoms with Gasteiger partial charge in [0.25, 0.3) is 5.91 Å². The number of anilines is 2. The molecule has 0 spiro atoms. The maximum absolute atomic E-state index is 12.7. The van der Waals surface area contributed by atoms with Gasteiger partial charge in [0.15, 0.2) is 0 Å². The van der Waals surface area contributed by atoms with E-state index in [9.17, 15) is 4.79 Å². The Hall–Kier alpha value is -3.05. The summed E-state index contributed by atoms with van der Waals surface area (Å²) in [4.78, 5) is 15.2. The van der Waals surface area contributed by atoms with Gasteiger partial charge in [0.1, 0.15) is 0 Å².